The van der Waals surface area contributed by atoms with Crippen LogP contribution in [0.5, 0.6) is 5.75 Å². The van der Waals surface area contributed by atoms with Crippen molar-refractivity contribution in [3.05, 3.63) is 77.8 Å². The number of hydrogen-bond acceptors (Lipinski definition) is 7. The highest BCUT2D eigenvalue weighted by Crippen LogP contribution is 2.36. The molecule has 0 radical (unpaired) electrons. The Hall–Kier alpha value is -4.28. The van der Waals surface area contributed by atoms with Gasteiger partial charge >= 0.3 is 5.97 Å². The fourth-order valence-corrected chi connectivity index (χ4v) is 5.52. The van der Waals surface area contributed by atoms with Crippen LogP contribution in [-0.2, 0) is 16.0 Å². The van der Waals surface area contributed by atoms with Gasteiger partial charge in [0, 0.05) is 47.6 Å². The van der Waals surface area contributed by atoms with Crippen LogP contribution in [-0.4, -0.2) is 68.3 Å². The highest BCUT2D eigenvalue weighted by Gasteiger charge is 2.33. The second kappa shape index (κ2) is 15.1. The minimum atomic E-state index is -0.912. The first-order chi connectivity index (χ1) is 22.3. The summed E-state index contributed by atoms with van der Waals surface area (Å²) >= 11 is 0. The van der Waals surface area contributed by atoms with Gasteiger partial charge in [0.15, 0.2) is 5.65 Å². The maximum Gasteiger partial charge on any atom is 0.308 e. The van der Waals surface area contributed by atoms with Crippen molar-refractivity contribution in [3.63, 3.8) is 0 Å². The summed E-state index contributed by atoms with van der Waals surface area (Å²) in [5, 5.41) is 23.2. The van der Waals surface area contributed by atoms with Crippen LogP contribution in [0.2, 0.25) is 0 Å². The predicted octanol–water partition coefficient (Wildman–Crippen LogP) is 7.27. The summed E-state index contributed by atoms with van der Waals surface area (Å²) in [6, 6.07) is 14.3. The lowest BCUT2D eigenvalue weighted by Crippen LogP contribution is -2.45. The van der Waals surface area contributed by atoms with E-state index in [1.54, 1.807) is 31.4 Å². The molecule has 9 nitrogen and oxygen atoms in total. The summed E-state index contributed by atoms with van der Waals surface area (Å²) in [5.41, 5.74) is 4.37. The van der Waals surface area contributed by atoms with Gasteiger partial charge in [0.25, 0.3) is 0 Å². The van der Waals surface area contributed by atoms with Crippen molar-refractivity contribution in [3.8, 4) is 28.1 Å². The molecule has 7 rings (SSSR count). The molecular formula is C37H47FN4O5. The van der Waals surface area contributed by atoms with E-state index in [-0.39, 0.29) is 24.4 Å². The molecule has 1 saturated heterocycles. The highest BCUT2D eigenvalue weighted by atomic mass is 19.1. The zero-order chi connectivity index (χ0) is 34.4. The maximum atomic E-state index is 14.2. The van der Waals surface area contributed by atoms with Crippen LogP contribution in [0.25, 0.3) is 28.0 Å². The number of anilines is 1. The Labute approximate surface area is 276 Å². The number of carboxylic acid groups (broad SMARTS) is 1. The number of fused-ring (bicyclic) bond motifs is 6. The molecule has 0 saturated carbocycles. The van der Waals surface area contributed by atoms with E-state index in [1.165, 1.54) is 12.1 Å². The van der Waals surface area contributed by atoms with Gasteiger partial charge in [-0.15, -0.1) is 0 Å². The molecule has 0 amide bonds. The topological polar surface area (TPSA) is 109 Å². The third kappa shape index (κ3) is 9.17. The number of carboxylic acids is 1. The van der Waals surface area contributed by atoms with Gasteiger partial charge in [0.05, 0.1) is 29.9 Å². The van der Waals surface area contributed by atoms with Crippen molar-refractivity contribution in [2.24, 2.45) is 0 Å². The van der Waals surface area contributed by atoms with E-state index in [1.807, 2.05) is 63.3 Å². The minimum absolute atomic E-state index is 0.142. The number of aliphatic hydroxyl groups is 1. The Bertz CT molecular complexity index is 1710. The molecule has 2 aromatic heterocycles. The minimum Gasteiger partial charge on any atom is -0.489 e. The first-order valence-corrected chi connectivity index (χ1v) is 16.2. The van der Waals surface area contributed by atoms with Gasteiger partial charge in [-0.2, -0.15) is 9.61 Å². The van der Waals surface area contributed by atoms with Gasteiger partial charge in [-0.3, -0.25) is 4.79 Å². The molecule has 0 unspecified atom stereocenters. The number of rotatable bonds is 2. The number of halogens is 1. The van der Waals surface area contributed by atoms with Crippen LogP contribution in [0.4, 0.5) is 10.2 Å². The third-order valence-corrected chi connectivity index (χ3v) is 7.77. The van der Waals surface area contributed by atoms with Gasteiger partial charge in [-0.25, -0.2) is 9.37 Å². The summed E-state index contributed by atoms with van der Waals surface area (Å²) < 4.78 is 28.2. The van der Waals surface area contributed by atoms with Crippen LogP contribution in [0.15, 0.2) is 60.7 Å². The second-order valence-corrected chi connectivity index (χ2v) is 12.8. The Morgan fingerprint density at radius 2 is 1.68 bits per heavy atom. The first-order valence-electron chi connectivity index (χ1n) is 16.2. The van der Waals surface area contributed by atoms with E-state index in [0.717, 1.165) is 35.3 Å². The lowest BCUT2D eigenvalue weighted by Gasteiger charge is -2.40. The number of piperidine rings is 1. The van der Waals surface area contributed by atoms with Crippen molar-refractivity contribution in [2.75, 3.05) is 31.2 Å². The average Bonchev–Trinajstić information content (AvgIpc) is 3.43. The Balaban J connectivity index is 0.000000655. The van der Waals surface area contributed by atoms with E-state index < -0.39 is 11.6 Å². The average molecular weight is 647 g/mol. The van der Waals surface area contributed by atoms with Crippen LogP contribution < -0.4 is 9.64 Å². The van der Waals surface area contributed by atoms with Gasteiger partial charge in [0.2, 0.25) is 0 Å². The van der Waals surface area contributed by atoms with Crippen LogP contribution in [0, 0.1) is 12.7 Å². The smallest absolute Gasteiger partial charge is 0.308 e. The molecule has 2 N–H and O–H groups in total. The number of aryl methyl sites for hydroxylation is 1. The SMILES string of the molecule is CC.CC(C)(C)O.Cc1nc2cc3nn2c(c1CC(=O)O)N1CCC(C)(CC1)OC/C=C\COc1cc(F)ccc1-c1cccc-3c1. The zero-order valence-electron chi connectivity index (χ0n) is 28.5. The number of aromatic nitrogens is 3. The van der Waals surface area contributed by atoms with Gasteiger partial charge < -0.3 is 24.6 Å². The fraction of sp³-hybridized carbons (Fsp3) is 0.432. The molecule has 47 heavy (non-hydrogen) atoms. The van der Waals surface area contributed by atoms with Gasteiger partial charge in [-0.05, 0) is 77.3 Å². The molecule has 0 aliphatic carbocycles. The molecule has 10 heteroatoms. The molecule has 4 aromatic rings. The molecule has 6 bridgehead atoms. The number of hydrogen-bond donors (Lipinski definition) is 2. The molecule has 3 aliphatic heterocycles. The van der Waals surface area contributed by atoms with E-state index in [9.17, 15) is 14.3 Å². The Morgan fingerprint density at radius 3 is 2.36 bits per heavy atom. The van der Waals surface area contributed by atoms with Crippen molar-refractivity contribution in [1.82, 2.24) is 14.6 Å². The van der Waals surface area contributed by atoms with E-state index in [0.29, 0.717) is 48.0 Å². The molecule has 5 heterocycles. The van der Waals surface area contributed by atoms with E-state index >= 15 is 0 Å². The number of benzene rings is 2. The monoisotopic (exact) mass is 646 g/mol. The zero-order valence-corrected chi connectivity index (χ0v) is 28.5. The molecule has 0 spiro atoms. The summed E-state index contributed by atoms with van der Waals surface area (Å²) in [4.78, 5) is 18.8. The number of nitrogens with zero attached hydrogens (tertiary/aromatic N) is 4. The lowest BCUT2D eigenvalue weighted by molar-refractivity contribution is -0.136. The predicted molar refractivity (Wildman–Crippen MR) is 184 cm³/mol. The lowest BCUT2D eigenvalue weighted by atomic mass is 9.93. The standard InChI is InChI=1S/C31H31FN4O4.C4H10O.C2H6/c1-20-25(18-29(37)38)30-35-12-10-31(2,11-13-35)40-15-4-3-14-39-27-17-23(32)8-9-24(27)21-6-5-7-22(16-21)26-19-28(33-20)36(30)34-26;1-4(2,3)5;1-2/h3-9,16-17,19H,10-15,18H2,1-2H3,(H,37,38);5H,1-3H3;1-2H3/b4-3-;;. The summed E-state index contributed by atoms with van der Waals surface area (Å²) in [7, 11) is 0. The second-order valence-electron chi connectivity index (χ2n) is 12.8. The first kappa shape index (κ1) is 35.6. The van der Waals surface area contributed by atoms with Crippen molar-refractivity contribution < 1.29 is 28.9 Å². The van der Waals surface area contributed by atoms with Crippen molar-refractivity contribution >= 4 is 17.4 Å². The van der Waals surface area contributed by atoms with E-state index in [4.69, 9.17) is 24.7 Å². The maximum absolute atomic E-state index is 14.2. The van der Waals surface area contributed by atoms with Gasteiger partial charge in [-0.1, -0.05) is 38.1 Å². The normalized spacial score (nSPS) is 16.3. The number of aliphatic carboxylic acids is 1. The third-order valence-electron chi connectivity index (χ3n) is 7.77. The molecule has 252 valence electrons. The molecule has 0 atom stereocenters. The van der Waals surface area contributed by atoms with Crippen LogP contribution in [0.3, 0.4) is 0 Å². The molecule has 3 aliphatic rings. The van der Waals surface area contributed by atoms with Crippen molar-refractivity contribution in [1.29, 1.82) is 0 Å². The Kier molecular flexibility index (Phi) is 11.4. The Morgan fingerprint density at radius 1 is 1.02 bits per heavy atom. The fourth-order valence-electron chi connectivity index (χ4n) is 5.52. The molecule has 2 aromatic carbocycles. The van der Waals surface area contributed by atoms with Gasteiger partial charge in [0.1, 0.15) is 24.0 Å². The summed E-state index contributed by atoms with van der Waals surface area (Å²) in [6.45, 7) is 15.3. The number of ether oxygens (including phenoxy) is 2. The summed E-state index contributed by atoms with van der Waals surface area (Å²) in [5.74, 6) is -0.0653. The van der Waals surface area contributed by atoms with E-state index in [2.05, 4.69) is 11.8 Å². The summed E-state index contributed by atoms with van der Waals surface area (Å²) in [6.07, 6.45) is 5.22. The van der Waals surface area contributed by atoms with Crippen molar-refractivity contribution in [2.45, 2.75) is 78.9 Å². The van der Waals surface area contributed by atoms with Crippen LogP contribution in [0.1, 0.15) is 65.6 Å². The molecular weight excluding hydrogens is 599 g/mol. The molecule has 1 fully saturated rings. The van der Waals surface area contributed by atoms with Crippen LogP contribution >= 0.6 is 0 Å². The largest absolute Gasteiger partial charge is 0.489 e. The quantitative estimate of drug-likeness (QED) is 0.219. The number of carbonyl (C=O) groups is 1. The highest BCUT2D eigenvalue weighted by molar-refractivity contribution is 5.78.